The fourth-order valence-corrected chi connectivity index (χ4v) is 3.66. The molecule has 1 aromatic rings. The van der Waals surface area contributed by atoms with E-state index in [1.807, 2.05) is 4.90 Å². The molecule has 5 heteroatoms. The lowest BCUT2D eigenvalue weighted by Gasteiger charge is -2.30. The number of hydrogen-bond donors (Lipinski definition) is 0. The monoisotopic (exact) mass is 323 g/mol. The van der Waals surface area contributed by atoms with E-state index in [0.29, 0.717) is 5.56 Å². The number of likely N-dealkylation sites (tertiary alicyclic amines) is 1. The molecule has 0 N–H and O–H groups in total. The third-order valence-electron chi connectivity index (χ3n) is 4.02. The van der Waals surface area contributed by atoms with Gasteiger partial charge in [0.25, 0.3) is 5.91 Å². The zero-order chi connectivity index (χ0) is 16.5. The van der Waals surface area contributed by atoms with Crippen molar-refractivity contribution in [1.82, 2.24) is 4.90 Å². The number of benzene rings is 1. The van der Waals surface area contributed by atoms with Crippen LogP contribution < -0.4 is 0 Å². The SMILES string of the molecule is CC(C)(C)C[C@H]1CCCN1C(=O)c1ccc(S(C)(=O)=O)cc1. The number of rotatable bonds is 3. The second kappa shape index (κ2) is 6.03. The molecule has 122 valence electrons. The van der Waals surface area contributed by atoms with Crippen LogP contribution in [0.5, 0.6) is 0 Å². The molecular weight excluding hydrogens is 298 g/mol. The first-order valence-electron chi connectivity index (χ1n) is 7.69. The average Bonchev–Trinajstić information content (AvgIpc) is 2.83. The van der Waals surface area contributed by atoms with Crippen molar-refractivity contribution in [3.63, 3.8) is 0 Å². The summed E-state index contributed by atoms with van der Waals surface area (Å²) in [5.41, 5.74) is 0.751. The first kappa shape index (κ1) is 17.0. The molecule has 0 bridgehead atoms. The molecule has 0 radical (unpaired) electrons. The maximum Gasteiger partial charge on any atom is 0.254 e. The smallest absolute Gasteiger partial charge is 0.254 e. The second-order valence-electron chi connectivity index (χ2n) is 7.36. The van der Waals surface area contributed by atoms with Crippen LogP contribution in [0, 0.1) is 5.41 Å². The van der Waals surface area contributed by atoms with Crippen molar-refractivity contribution >= 4 is 15.7 Å². The van der Waals surface area contributed by atoms with Gasteiger partial charge in [-0.15, -0.1) is 0 Å². The molecule has 22 heavy (non-hydrogen) atoms. The number of carbonyl (C=O) groups is 1. The highest BCUT2D eigenvalue weighted by Gasteiger charge is 2.32. The van der Waals surface area contributed by atoms with E-state index in [2.05, 4.69) is 20.8 Å². The Morgan fingerprint density at radius 3 is 2.32 bits per heavy atom. The summed E-state index contributed by atoms with van der Waals surface area (Å²) in [4.78, 5) is 14.9. The Morgan fingerprint density at radius 1 is 1.23 bits per heavy atom. The van der Waals surface area contributed by atoms with Crippen molar-refractivity contribution in [2.24, 2.45) is 5.41 Å². The van der Waals surface area contributed by atoms with E-state index in [0.717, 1.165) is 25.8 Å². The molecule has 1 fully saturated rings. The summed E-state index contributed by atoms with van der Waals surface area (Å²) in [6.45, 7) is 7.35. The highest BCUT2D eigenvalue weighted by atomic mass is 32.2. The molecule has 0 saturated carbocycles. The van der Waals surface area contributed by atoms with Crippen LogP contribution in [0.15, 0.2) is 29.2 Å². The Kier molecular flexibility index (Phi) is 4.66. The van der Waals surface area contributed by atoms with Crippen molar-refractivity contribution in [2.75, 3.05) is 12.8 Å². The highest BCUT2D eigenvalue weighted by molar-refractivity contribution is 7.90. The van der Waals surface area contributed by atoms with Crippen LogP contribution in [-0.2, 0) is 9.84 Å². The largest absolute Gasteiger partial charge is 0.336 e. The standard InChI is InChI=1S/C17H25NO3S/c1-17(2,3)12-14-6-5-11-18(14)16(19)13-7-9-15(10-8-13)22(4,20)21/h7-10,14H,5-6,11-12H2,1-4H3/t14-/m1/s1. The second-order valence-corrected chi connectivity index (χ2v) is 9.37. The molecule has 1 atom stereocenters. The van der Waals surface area contributed by atoms with Gasteiger partial charge in [-0.1, -0.05) is 20.8 Å². The molecule has 1 aliphatic rings. The molecule has 2 rings (SSSR count). The Bertz CT molecular complexity index is 641. The lowest BCUT2D eigenvalue weighted by molar-refractivity contribution is 0.0704. The van der Waals surface area contributed by atoms with Crippen molar-refractivity contribution in [3.8, 4) is 0 Å². The van der Waals surface area contributed by atoms with Crippen LogP contribution in [0.4, 0.5) is 0 Å². The van der Waals surface area contributed by atoms with Gasteiger partial charge in [0, 0.05) is 24.4 Å². The van der Waals surface area contributed by atoms with Crippen LogP contribution in [0.2, 0.25) is 0 Å². The van der Waals surface area contributed by atoms with Gasteiger partial charge >= 0.3 is 0 Å². The Morgan fingerprint density at radius 2 is 1.82 bits per heavy atom. The minimum absolute atomic E-state index is 0.00630. The quantitative estimate of drug-likeness (QED) is 0.859. The molecule has 1 heterocycles. The predicted molar refractivity (Wildman–Crippen MR) is 87.7 cm³/mol. The van der Waals surface area contributed by atoms with E-state index in [-0.39, 0.29) is 22.3 Å². The predicted octanol–water partition coefficient (Wildman–Crippen LogP) is 3.13. The van der Waals surface area contributed by atoms with Gasteiger partial charge in [-0.2, -0.15) is 0 Å². The minimum atomic E-state index is -3.22. The van der Waals surface area contributed by atoms with Crippen LogP contribution >= 0.6 is 0 Å². The lowest BCUT2D eigenvalue weighted by atomic mass is 9.87. The van der Waals surface area contributed by atoms with Gasteiger partial charge in [-0.05, 0) is 48.9 Å². The van der Waals surface area contributed by atoms with Crippen molar-refractivity contribution in [2.45, 2.75) is 51.0 Å². The number of carbonyl (C=O) groups excluding carboxylic acids is 1. The zero-order valence-electron chi connectivity index (χ0n) is 13.8. The minimum Gasteiger partial charge on any atom is -0.336 e. The molecule has 1 aromatic carbocycles. The van der Waals surface area contributed by atoms with Gasteiger partial charge in [0.15, 0.2) is 9.84 Å². The van der Waals surface area contributed by atoms with Gasteiger partial charge in [-0.25, -0.2) is 8.42 Å². The van der Waals surface area contributed by atoms with Gasteiger partial charge in [0.1, 0.15) is 0 Å². The van der Waals surface area contributed by atoms with E-state index < -0.39 is 9.84 Å². The zero-order valence-corrected chi connectivity index (χ0v) is 14.6. The fraction of sp³-hybridized carbons (Fsp3) is 0.588. The number of sulfone groups is 1. The maximum atomic E-state index is 12.7. The molecule has 4 nitrogen and oxygen atoms in total. The summed E-state index contributed by atoms with van der Waals surface area (Å²) in [7, 11) is -3.22. The van der Waals surface area contributed by atoms with E-state index in [1.165, 1.54) is 18.4 Å². The normalized spacial score (nSPS) is 19.5. The molecule has 1 saturated heterocycles. The molecule has 0 spiro atoms. The first-order chi connectivity index (χ1) is 10.1. The van der Waals surface area contributed by atoms with E-state index in [9.17, 15) is 13.2 Å². The summed E-state index contributed by atoms with van der Waals surface area (Å²) in [5.74, 6) is 0.00630. The van der Waals surface area contributed by atoms with E-state index in [4.69, 9.17) is 0 Å². The van der Waals surface area contributed by atoms with Crippen LogP contribution in [0.1, 0.15) is 50.4 Å². The Labute approximate surface area is 133 Å². The number of nitrogens with zero attached hydrogens (tertiary/aromatic N) is 1. The van der Waals surface area contributed by atoms with Crippen LogP contribution in [0.3, 0.4) is 0 Å². The number of amides is 1. The summed E-state index contributed by atoms with van der Waals surface area (Å²) in [5, 5.41) is 0. The molecule has 0 aliphatic carbocycles. The van der Waals surface area contributed by atoms with E-state index in [1.54, 1.807) is 12.1 Å². The average molecular weight is 323 g/mol. The number of hydrogen-bond acceptors (Lipinski definition) is 3. The molecule has 1 amide bonds. The summed E-state index contributed by atoms with van der Waals surface area (Å²) in [6.07, 6.45) is 4.24. The van der Waals surface area contributed by atoms with Gasteiger partial charge in [-0.3, -0.25) is 4.79 Å². The molecule has 0 aromatic heterocycles. The molecule has 0 unspecified atom stereocenters. The summed E-state index contributed by atoms with van der Waals surface area (Å²) in [6, 6.07) is 6.53. The van der Waals surface area contributed by atoms with Gasteiger partial charge in [0.2, 0.25) is 0 Å². The summed E-state index contributed by atoms with van der Waals surface area (Å²) < 4.78 is 23.0. The van der Waals surface area contributed by atoms with Gasteiger partial charge < -0.3 is 4.90 Å². The highest BCUT2D eigenvalue weighted by Crippen LogP contribution is 2.30. The third-order valence-corrected chi connectivity index (χ3v) is 5.14. The maximum absolute atomic E-state index is 12.7. The molecular formula is C17H25NO3S. The van der Waals surface area contributed by atoms with E-state index >= 15 is 0 Å². The Hall–Kier alpha value is -1.36. The lowest BCUT2D eigenvalue weighted by Crippen LogP contribution is -2.37. The Balaban J connectivity index is 2.17. The van der Waals surface area contributed by atoms with Crippen LogP contribution in [-0.4, -0.2) is 38.1 Å². The van der Waals surface area contributed by atoms with Crippen molar-refractivity contribution in [1.29, 1.82) is 0 Å². The van der Waals surface area contributed by atoms with Gasteiger partial charge in [0.05, 0.1) is 4.90 Å². The summed E-state index contributed by atoms with van der Waals surface area (Å²) >= 11 is 0. The fourth-order valence-electron chi connectivity index (χ4n) is 3.03. The third kappa shape index (κ3) is 4.09. The topological polar surface area (TPSA) is 54.5 Å². The molecule has 1 aliphatic heterocycles. The first-order valence-corrected chi connectivity index (χ1v) is 9.58. The van der Waals surface area contributed by atoms with Crippen molar-refractivity contribution in [3.05, 3.63) is 29.8 Å². The van der Waals surface area contributed by atoms with Crippen LogP contribution in [0.25, 0.3) is 0 Å². The van der Waals surface area contributed by atoms with Crippen molar-refractivity contribution < 1.29 is 13.2 Å².